The number of rotatable bonds is 14. The Kier molecular flexibility index (Phi) is 12.6. The third-order valence-corrected chi connectivity index (χ3v) is 16.2. The second-order valence-electron chi connectivity index (χ2n) is 16.4. The number of anilines is 1. The van der Waals surface area contributed by atoms with Gasteiger partial charge in [-0.2, -0.15) is 4.98 Å². The van der Waals surface area contributed by atoms with Gasteiger partial charge in [-0.25, -0.2) is 4.98 Å². The van der Waals surface area contributed by atoms with E-state index in [4.69, 9.17) is 22.9 Å². The van der Waals surface area contributed by atoms with Crippen molar-refractivity contribution in [3.8, 4) is 0 Å². The summed E-state index contributed by atoms with van der Waals surface area (Å²) >= 11 is 0. The van der Waals surface area contributed by atoms with Gasteiger partial charge in [-0.15, -0.1) is 0 Å². The number of carbonyl (C=O) groups is 1. The zero-order valence-corrected chi connectivity index (χ0v) is 36.3. The molecule has 1 saturated heterocycles. The lowest BCUT2D eigenvalue weighted by molar-refractivity contribution is -0.118. The fraction of sp³-hybridized carbons (Fsp3) is 0.429. The van der Waals surface area contributed by atoms with Crippen LogP contribution in [0.25, 0.3) is 11.2 Å². The van der Waals surface area contributed by atoms with E-state index in [-0.39, 0.29) is 40.6 Å². The van der Waals surface area contributed by atoms with Crippen LogP contribution in [-0.2, 0) is 37.9 Å². The molecule has 1 amide bonds. The minimum Gasteiger partial charge on any atom is -0.407 e. The molecule has 15 heteroatoms. The molecule has 2 aromatic heterocycles. The van der Waals surface area contributed by atoms with E-state index >= 15 is 0 Å². The van der Waals surface area contributed by atoms with Gasteiger partial charge in [0, 0.05) is 13.0 Å². The van der Waals surface area contributed by atoms with Gasteiger partial charge in [0.15, 0.2) is 25.7 Å². The van der Waals surface area contributed by atoms with Gasteiger partial charge in [0.25, 0.3) is 5.56 Å². The van der Waals surface area contributed by atoms with Crippen LogP contribution in [0.2, 0.25) is 18.1 Å². The number of hydrogen-bond donors (Lipinski definition) is 2. The van der Waals surface area contributed by atoms with Gasteiger partial charge < -0.3 is 22.9 Å². The molecule has 1 fully saturated rings. The number of H-pyrrole nitrogens is 1. The molecular weight excluding hydrogens is 762 g/mol. The second-order valence-corrected chi connectivity index (χ2v) is 22.3. The fourth-order valence-electron chi connectivity index (χ4n) is 6.65. The van der Waals surface area contributed by atoms with Crippen LogP contribution >= 0.6 is 8.25 Å². The number of aryl methyl sites for hydroxylation is 2. The van der Waals surface area contributed by atoms with Gasteiger partial charge in [0.2, 0.25) is 11.9 Å². The van der Waals surface area contributed by atoms with Crippen molar-refractivity contribution >= 4 is 39.6 Å². The molecule has 2 N–H and O–H groups in total. The van der Waals surface area contributed by atoms with Gasteiger partial charge in [0.1, 0.15) is 23.9 Å². The van der Waals surface area contributed by atoms with Crippen LogP contribution in [0.3, 0.4) is 0 Å². The predicted molar refractivity (Wildman–Crippen MR) is 223 cm³/mol. The first-order valence-corrected chi connectivity index (χ1v) is 23.3. The number of amides is 1. The molecule has 0 spiro atoms. The summed E-state index contributed by atoms with van der Waals surface area (Å²) in [5, 5.41) is 2.44. The van der Waals surface area contributed by atoms with Gasteiger partial charge in [0.05, 0.1) is 12.9 Å². The minimum absolute atomic E-state index is 0.0335. The fourth-order valence-corrected chi connectivity index (χ4v) is 8.54. The summed E-state index contributed by atoms with van der Waals surface area (Å²) in [6, 6.07) is 26.5. The summed E-state index contributed by atoms with van der Waals surface area (Å²) in [4.78, 5) is 37.6. The second kappa shape index (κ2) is 16.9. The molecule has 1 aliphatic heterocycles. The number of nitrogens with one attached hydrogen (secondary N) is 2. The maximum Gasteiger partial charge on any atom is 0.319 e. The number of ether oxygens (including phenoxy) is 2. The van der Waals surface area contributed by atoms with Crippen LogP contribution in [0.4, 0.5) is 5.95 Å². The molecule has 0 saturated carbocycles. The van der Waals surface area contributed by atoms with E-state index in [1.165, 1.54) is 13.4 Å². The van der Waals surface area contributed by atoms with E-state index in [0.29, 0.717) is 0 Å². The molecular formula is C42H54N5O8PSi. The van der Waals surface area contributed by atoms with Crippen LogP contribution in [0.5, 0.6) is 0 Å². The Morgan fingerprint density at radius 3 is 2.07 bits per heavy atom. The first kappa shape index (κ1) is 42.3. The molecule has 5 atom stereocenters. The Morgan fingerprint density at radius 2 is 1.53 bits per heavy atom. The van der Waals surface area contributed by atoms with Crippen LogP contribution in [0.15, 0.2) is 90.0 Å². The molecule has 0 aliphatic carbocycles. The van der Waals surface area contributed by atoms with Crippen molar-refractivity contribution in [1.82, 2.24) is 19.5 Å². The zero-order valence-electron chi connectivity index (χ0n) is 34.3. The average Bonchev–Trinajstić information content (AvgIpc) is 3.73. The summed E-state index contributed by atoms with van der Waals surface area (Å²) < 4.78 is 47.7. The van der Waals surface area contributed by atoms with Crippen molar-refractivity contribution in [2.75, 3.05) is 19.0 Å². The normalized spacial score (nSPS) is 19.6. The molecule has 57 heavy (non-hydrogen) atoms. The highest BCUT2D eigenvalue weighted by molar-refractivity contribution is 7.33. The Labute approximate surface area is 335 Å². The van der Waals surface area contributed by atoms with E-state index in [9.17, 15) is 14.2 Å². The van der Waals surface area contributed by atoms with Crippen LogP contribution in [-0.4, -0.2) is 65.8 Å². The number of aromatic amines is 1. The number of carbonyl (C=O) groups excluding carboxylic acids is 1. The van der Waals surface area contributed by atoms with Crippen molar-refractivity contribution in [1.29, 1.82) is 0 Å². The summed E-state index contributed by atoms with van der Waals surface area (Å²) in [5.41, 5.74) is 3.43. The van der Waals surface area contributed by atoms with Crippen LogP contribution in [0.1, 0.15) is 68.7 Å². The Bertz CT molecular complexity index is 2210. The molecule has 0 radical (unpaired) electrons. The van der Waals surface area contributed by atoms with Gasteiger partial charge >= 0.3 is 8.25 Å². The van der Waals surface area contributed by atoms with Crippen LogP contribution in [0, 0.1) is 19.8 Å². The van der Waals surface area contributed by atoms with E-state index in [1.807, 2.05) is 44.2 Å². The smallest absolute Gasteiger partial charge is 0.319 e. The number of benzene rings is 3. The van der Waals surface area contributed by atoms with Crippen molar-refractivity contribution in [3.63, 3.8) is 0 Å². The summed E-state index contributed by atoms with van der Waals surface area (Å²) in [5.74, 6) is -0.713. The number of nitrogens with zero attached hydrogens (tertiary/aromatic N) is 3. The van der Waals surface area contributed by atoms with E-state index < -0.39 is 52.3 Å². The first-order valence-electron chi connectivity index (χ1n) is 19.1. The summed E-state index contributed by atoms with van der Waals surface area (Å²) in [7, 11) is -4.34. The SMILES string of the molecule is CO[PH](=O)OC1[C@@H](COC(c2ccccc2)(c2ccc(C)cc2)c2ccc(C)cc2)O[C@@H](n2cnc3c(=O)[nH]c(NC(=O)C(C)C)nc32)[C@H]1O[Si](C)(C)C(C)(C)C. The van der Waals surface area contributed by atoms with Gasteiger partial charge in [-0.1, -0.05) is 125 Å². The van der Waals surface area contributed by atoms with E-state index in [0.717, 1.165) is 27.8 Å². The Morgan fingerprint density at radius 1 is 0.947 bits per heavy atom. The Balaban J connectivity index is 1.51. The lowest BCUT2D eigenvalue weighted by Crippen LogP contribution is -2.49. The first-order chi connectivity index (χ1) is 26.9. The third kappa shape index (κ3) is 8.78. The van der Waals surface area contributed by atoms with E-state index in [2.05, 4.69) is 103 Å². The highest BCUT2D eigenvalue weighted by Crippen LogP contribution is 2.47. The highest BCUT2D eigenvalue weighted by atomic mass is 31.1. The maximum absolute atomic E-state index is 13.3. The predicted octanol–water partition coefficient (Wildman–Crippen LogP) is 8.05. The lowest BCUT2D eigenvalue weighted by Gasteiger charge is -2.40. The van der Waals surface area contributed by atoms with E-state index in [1.54, 1.807) is 18.4 Å². The molecule has 2 unspecified atom stereocenters. The molecule has 3 heterocycles. The van der Waals surface area contributed by atoms with Gasteiger partial charge in [-0.3, -0.25) is 29.0 Å². The quantitative estimate of drug-likeness (QED) is 0.0639. The Hall–Kier alpha value is -4.27. The molecule has 3 aromatic carbocycles. The summed E-state index contributed by atoms with van der Waals surface area (Å²) in [6.07, 6.45) is -2.27. The molecule has 304 valence electrons. The largest absolute Gasteiger partial charge is 0.407 e. The zero-order chi connectivity index (χ0) is 41.3. The van der Waals surface area contributed by atoms with Crippen molar-refractivity contribution in [3.05, 3.63) is 123 Å². The lowest BCUT2D eigenvalue weighted by atomic mass is 9.79. The highest BCUT2D eigenvalue weighted by Gasteiger charge is 2.53. The molecule has 1 aliphatic rings. The number of imidazole rings is 1. The minimum atomic E-state index is -3.05. The molecule has 5 aromatic rings. The standard InChI is InChI=1S/C42H54N5O8PSi/c1-26(2)37(48)45-40-44-36-33(38(49)46-40)43-25-47(36)39-35(55-57(9,10)41(5,6)7)34(54-56(50)51-8)32(53-39)24-52-42(29-14-12-11-13-15-29,30-20-16-27(3)17-21-30)31-22-18-28(4)19-23-31/h11-23,25-26,32,34-35,39,56H,24H2,1-10H3,(H2,44,45,46,48,49)/t32-,34?,35+,39-/m1/s1. The van der Waals surface area contributed by atoms with Crippen molar-refractivity contribution < 1.29 is 32.3 Å². The topological polar surface area (TPSA) is 156 Å². The average molecular weight is 816 g/mol. The maximum atomic E-state index is 13.3. The molecule has 6 rings (SSSR count). The monoisotopic (exact) mass is 815 g/mol. The van der Waals surface area contributed by atoms with Crippen molar-refractivity contribution in [2.45, 2.75) is 96.7 Å². The van der Waals surface area contributed by atoms with Crippen LogP contribution < -0.4 is 10.9 Å². The summed E-state index contributed by atoms with van der Waals surface area (Å²) in [6.45, 7) is 18.1. The molecule has 0 bridgehead atoms. The van der Waals surface area contributed by atoms with Crippen molar-refractivity contribution in [2.24, 2.45) is 5.92 Å². The third-order valence-electron chi connectivity index (χ3n) is 11.0. The molecule has 13 nitrogen and oxygen atoms in total. The number of fused-ring (bicyclic) bond motifs is 1. The number of aromatic nitrogens is 4. The van der Waals surface area contributed by atoms with Gasteiger partial charge in [-0.05, 0) is 48.7 Å². The number of hydrogen-bond acceptors (Lipinski definition) is 10.